The smallest absolute Gasteiger partial charge is 0.413 e. The number of hydrogen-bond donors (Lipinski definition) is 2. The summed E-state index contributed by atoms with van der Waals surface area (Å²) in [6.45, 7) is 7.14. The predicted molar refractivity (Wildman–Crippen MR) is 74.8 cm³/mol. The number of rotatable bonds is 4. The SMILES string of the molecule is CC(CC(=O)O)c1ccc(NC(=O)OC(C)(C)C)nc1. The molecule has 0 bridgehead atoms. The Labute approximate surface area is 118 Å². The van der Waals surface area contributed by atoms with E-state index >= 15 is 0 Å². The van der Waals surface area contributed by atoms with E-state index in [4.69, 9.17) is 9.84 Å². The fraction of sp³-hybridized carbons (Fsp3) is 0.500. The zero-order valence-electron chi connectivity index (χ0n) is 12.1. The Morgan fingerprint density at radius 2 is 2.05 bits per heavy atom. The Morgan fingerprint density at radius 3 is 2.50 bits per heavy atom. The summed E-state index contributed by atoms with van der Waals surface area (Å²) in [7, 11) is 0. The van der Waals surface area contributed by atoms with Gasteiger partial charge in [-0.3, -0.25) is 10.1 Å². The van der Waals surface area contributed by atoms with E-state index in [-0.39, 0.29) is 12.3 Å². The van der Waals surface area contributed by atoms with E-state index in [1.165, 1.54) is 0 Å². The van der Waals surface area contributed by atoms with Gasteiger partial charge in [-0.2, -0.15) is 0 Å². The average molecular weight is 280 g/mol. The molecular weight excluding hydrogens is 260 g/mol. The van der Waals surface area contributed by atoms with Crippen molar-refractivity contribution in [1.29, 1.82) is 0 Å². The van der Waals surface area contributed by atoms with Crippen LogP contribution in [-0.2, 0) is 9.53 Å². The van der Waals surface area contributed by atoms with Crippen LogP contribution >= 0.6 is 0 Å². The van der Waals surface area contributed by atoms with Crippen LogP contribution in [-0.4, -0.2) is 27.8 Å². The van der Waals surface area contributed by atoms with Crippen molar-refractivity contribution in [3.8, 4) is 0 Å². The number of carboxylic acid groups (broad SMARTS) is 1. The summed E-state index contributed by atoms with van der Waals surface area (Å²) in [6.07, 6.45) is 1.03. The molecule has 0 aliphatic heterocycles. The second-order valence-corrected chi connectivity index (χ2v) is 5.60. The molecule has 0 saturated carbocycles. The van der Waals surface area contributed by atoms with Crippen LogP contribution in [0.5, 0.6) is 0 Å². The first-order valence-electron chi connectivity index (χ1n) is 6.35. The van der Waals surface area contributed by atoms with Crippen molar-refractivity contribution >= 4 is 17.9 Å². The maximum Gasteiger partial charge on any atom is 0.413 e. The minimum absolute atomic E-state index is 0.0422. The number of carbonyl (C=O) groups excluding carboxylic acids is 1. The highest BCUT2D eigenvalue weighted by Gasteiger charge is 2.16. The van der Waals surface area contributed by atoms with Gasteiger partial charge in [0.1, 0.15) is 11.4 Å². The molecule has 0 saturated heterocycles. The molecule has 2 N–H and O–H groups in total. The van der Waals surface area contributed by atoms with Gasteiger partial charge in [0.05, 0.1) is 6.42 Å². The molecule has 1 aromatic rings. The van der Waals surface area contributed by atoms with E-state index < -0.39 is 17.7 Å². The first kappa shape index (κ1) is 15.9. The van der Waals surface area contributed by atoms with Gasteiger partial charge in [0.15, 0.2) is 0 Å². The maximum absolute atomic E-state index is 11.5. The van der Waals surface area contributed by atoms with Crippen LogP contribution in [0.25, 0.3) is 0 Å². The van der Waals surface area contributed by atoms with Crippen LogP contribution in [0.1, 0.15) is 45.6 Å². The molecule has 0 aliphatic carbocycles. The summed E-state index contributed by atoms with van der Waals surface area (Å²) in [4.78, 5) is 26.2. The van der Waals surface area contributed by atoms with Gasteiger partial charge in [0.2, 0.25) is 0 Å². The third kappa shape index (κ3) is 5.69. The standard InChI is InChI=1S/C14H20N2O4/c1-9(7-12(17)18)10-5-6-11(15-8-10)16-13(19)20-14(2,3)4/h5-6,8-9H,7H2,1-4H3,(H,17,18)(H,15,16,19). The highest BCUT2D eigenvalue weighted by Crippen LogP contribution is 2.19. The van der Waals surface area contributed by atoms with Gasteiger partial charge in [-0.1, -0.05) is 13.0 Å². The Morgan fingerprint density at radius 1 is 1.40 bits per heavy atom. The molecule has 20 heavy (non-hydrogen) atoms. The third-order valence-corrected chi connectivity index (χ3v) is 2.47. The van der Waals surface area contributed by atoms with Gasteiger partial charge < -0.3 is 9.84 Å². The van der Waals surface area contributed by atoms with E-state index in [0.717, 1.165) is 5.56 Å². The monoisotopic (exact) mass is 280 g/mol. The molecule has 1 heterocycles. The Hall–Kier alpha value is -2.11. The first-order valence-corrected chi connectivity index (χ1v) is 6.35. The van der Waals surface area contributed by atoms with Gasteiger partial charge in [0.25, 0.3) is 0 Å². The number of amides is 1. The fourth-order valence-corrected chi connectivity index (χ4v) is 1.56. The van der Waals surface area contributed by atoms with Crippen molar-refractivity contribution in [2.24, 2.45) is 0 Å². The van der Waals surface area contributed by atoms with Crippen LogP contribution in [0.3, 0.4) is 0 Å². The lowest BCUT2D eigenvalue weighted by Crippen LogP contribution is -2.27. The zero-order chi connectivity index (χ0) is 15.3. The number of aliphatic carboxylic acids is 1. The van der Waals surface area contributed by atoms with Crippen molar-refractivity contribution in [1.82, 2.24) is 4.98 Å². The molecule has 6 nitrogen and oxygen atoms in total. The van der Waals surface area contributed by atoms with Crippen molar-refractivity contribution in [3.05, 3.63) is 23.9 Å². The quantitative estimate of drug-likeness (QED) is 0.885. The van der Waals surface area contributed by atoms with Crippen LogP contribution < -0.4 is 5.32 Å². The largest absolute Gasteiger partial charge is 0.481 e. The summed E-state index contributed by atoms with van der Waals surface area (Å²) in [5.41, 5.74) is 0.238. The minimum atomic E-state index is -0.853. The van der Waals surface area contributed by atoms with Crippen molar-refractivity contribution < 1.29 is 19.4 Å². The van der Waals surface area contributed by atoms with E-state index in [1.54, 1.807) is 39.1 Å². The van der Waals surface area contributed by atoms with Crippen LogP contribution in [0, 0.1) is 0 Å². The lowest BCUT2D eigenvalue weighted by Gasteiger charge is -2.19. The van der Waals surface area contributed by atoms with Crippen molar-refractivity contribution in [2.45, 2.75) is 45.6 Å². The summed E-state index contributed by atoms with van der Waals surface area (Å²) < 4.78 is 5.10. The highest BCUT2D eigenvalue weighted by atomic mass is 16.6. The molecule has 1 aromatic heterocycles. The van der Waals surface area contributed by atoms with Gasteiger partial charge in [-0.05, 0) is 38.3 Å². The van der Waals surface area contributed by atoms with E-state index in [1.807, 2.05) is 6.92 Å². The molecule has 6 heteroatoms. The molecule has 1 atom stereocenters. The molecule has 0 aliphatic rings. The normalized spacial score (nSPS) is 12.6. The maximum atomic E-state index is 11.5. The van der Waals surface area contributed by atoms with E-state index in [0.29, 0.717) is 5.82 Å². The molecule has 0 aromatic carbocycles. The predicted octanol–water partition coefficient (Wildman–Crippen LogP) is 3.01. The molecule has 0 spiro atoms. The number of aromatic nitrogens is 1. The molecule has 1 rings (SSSR count). The summed E-state index contributed by atoms with van der Waals surface area (Å²) in [5, 5.41) is 11.2. The number of ether oxygens (including phenoxy) is 1. The number of nitrogens with zero attached hydrogens (tertiary/aromatic N) is 1. The first-order chi connectivity index (χ1) is 9.17. The lowest BCUT2D eigenvalue weighted by molar-refractivity contribution is -0.137. The van der Waals surface area contributed by atoms with Gasteiger partial charge in [0, 0.05) is 6.20 Å². The van der Waals surface area contributed by atoms with Gasteiger partial charge in [-0.25, -0.2) is 9.78 Å². The number of carbonyl (C=O) groups is 2. The highest BCUT2D eigenvalue weighted by molar-refractivity contribution is 5.83. The second kappa shape index (κ2) is 6.36. The minimum Gasteiger partial charge on any atom is -0.481 e. The average Bonchev–Trinajstić information content (AvgIpc) is 2.26. The van der Waals surface area contributed by atoms with Crippen molar-refractivity contribution in [3.63, 3.8) is 0 Å². The van der Waals surface area contributed by atoms with Crippen LogP contribution in [0.2, 0.25) is 0 Å². The molecule has 0 fully saturated rings. The lowest BCUT2D eigenvalue weighted by atomic mass is 10.00. The molecule has 110 valence electrons. The second-order valence-electron chi connectivity index (χ2n) is 5.60. The van der Waals surface area contributed by atoms with Crippen molar-refractivity contribution in [2.75, 3.05) is 5.32 Å². The number of nitrogens with one attached hydrogen (secondary N) is 1. The summed E-state index contributed by atoms with van der Waals surface area (Å²) in [6, 6.07) is 3.37. The summed E-state index contributed by atoms with van der Waals surface area (Å²) in [5.74, 6) is -0.616. The fourth-order valence-electron chi connectivity index (χ4n) is 1.56. The Bertz CT molecular complexity index is 477. The third-order valence-electron chi connectivity index (χ3n) is 2.47. The topological polar surface area (TPSA) is 88.5 Å². The van der Waals surface area contributed by atoms with Crippen LogP contribution in [0.4, 0.5) is 10.6 Å². The molecule has 1 unspecified atom stereocenters. The molecule has 1 amide bonds. The number of carboxylic acids is 1. The zero-order valence-corrected chi connectivity index (χ0v) is 12.1. The molecule has 0 radical (unpaired) electrons. The summed E-state index contributed by atoms with van der Waals surface area (Å²) >= 11 is 0. The van der Waals surface area contributed by atoms with E-state index in [9.17, 15) is 9.59 Å². The Balaban J connectivity index is 2.63. The number of hydrogen-bond acceptors (Lipinski definition) is 4. The van der Waals surface area contributed by atoms with Crippen LogP contribution in [0.15, 0.2) is 18.3 Å². The van der Waals surface area contributed by atoms with Gasteiger partial charge in [-0.15, -0.1) is 0 Å². The van der Waals surface area contributed by atoms with Gasteiger partial charge >= 0.3 is 12.1 Å². The van der Waals surface area contributed by atoms with E-state index in [2.05, 4.69) is 10.3 Å². The number of pyridine rings is 1. The number of anilines is 1. The molecular formula is C14H20N2O4. The Kier molecular flexibility index (Phi) is 5.07.